The van der Waals surface area contributed by atoms with Crippen LogP contribution in [0.15, 0.2) is 43.0 Å². The first-order valence-corrected chi connectivity index (χ1v) is 8.74. The van der Waals surface area contributed by atoms with Crippen LogP contribution in [-0.4, -0.2) is 42.9 Å². The number of pyridine rings is 1. The van der Waals surface area contributed by atoms with Crippen molar-refractivity contribution in [2.45, 2.75) is 32.2 Å². The number of nitrogens with one attached hydrogen (secondary N) is 1. The summed E-state index contributed by atoms with van der Waals surface area (Å²) in [5.74, 6) is 1.19. The minimum atomic E-state index is 0.404. The third-order valence-electron chi connectivity index (χ3n) is 4.63. The fourth-order valence-corrected chi connectivity index (χ4v) is 3.40. The molecule has 3 aromatic rings. The van der Waals surface area contributed by atoms with Crippen molar-refractivity contribution in [3.63, 3.8) is 0 Å². The van der Waals surface area contributed by atoms with E-state index in [4.69, 9.17) is 4.98 Å². The Morgan fingerprint density at radius 2 is 2.16 bits per heavy atom. The number of nitrogens with zero attached hydrogens (tertiary/aromatic N) is 5. The highest BCUT2D eigenvalue weighted by Gasteiger charge is 2.23. The monoisotopic (exact) mass is 334 g/mol. The topological polar surface area (TPSA) is 70.6 Å². The van der Waals surface area contributed by atoms with Gasteiger partial charge in [-0.25, -0.2) is 9.97 Å². The Balaban J connectivity index is 1.49. The summed E-state index contributed by atoms with van der Waals surface area (Å²) in [6.07, 6.45) is 9.66. The fourth-order valence-electron chi connectivity index (χ4n) is 3.40. The zero-order valence-electron chi connectivity index (χ0n) is 14.4. The molecule has 0 radical (unpaired) electrons. The van der Waals surface area contributed by atoms with Gasteiger partial charge in [0.1, 0.15) is 5.69 Å². The lowest BCUT2D eigenvalue weighted by molar-refractivity contribution is 0.196. The van der Waals surface area contributed by atoms with Gasteiger partial charge < -0.3 is 4.98 Å². The molecule has 0 aliphatic carbocycles. The minimum Gasteiger partial charge on any atom is -0.341 e. The first kappa shape index (κ1) is 15.9. The summed E-state index contributed by atoms with van der Waals surface area (Å²) in [5.41, 5.74) is 4.01. The number of hydrogen-bond acceptors (Lipinski definition) is 5. The molecule has 6 heteroatoms. The van der Waals surface area contributed by atoms with Gasteiger partial charge in [0.2, 0.25) is 0 Å². The van der Waals surface area contributed by atoms with Crippen LogP contribution in [0.25, 0.3) is 11.5 Å². The molecular formula is C19H22N6. The van der Waals surface area contributed by atoms with Gasteiger partial charge >= 0.3 is 0 Å². The predicted octanol–water partition coefficient (Wildman–Crippen LogP) is 2.95. The third kappa shape index (κ3) is 3.74. The molecule has 1 atom stereocenters. The van der Waals surface area contributed by atoms with Crippen molar-refractivity contribution in [1.82, 2.24) is 29.8 Å². The molecule has 1 unspecified atom stereocenters. The lowest BCUT2D eigenvalue weighted by Crippen LogP contribution is -2.34. The van der Waals surface area contributed by atoms with E-state index in [0.29, 0.717) is 5.92 Å². The Hall–Kier alpha value is -2.60. The second-order valence-corrected chi connectivity index (χ2v) is 6.64. The molecule has 1 N–H and O–H groups in total. The molecule has 0 amide bonds. The normalized spacial score (nSPS) is 18.4. The minimum absolute atomic E-state index is 0.404. The smallest absolute Gasteiger partial charge is 0.157 e. The average Bonchev–Trinajstić information content (AvgIpc) is 3.09. The number of aromatic nitrogens is 5. The molecule has 4 rings (SSSR count). The van der Waals surface area contributed by atoms with Crippen LogP contribution in [0.4, 0.5) is 0 Å². The number of hydrogen-bond donors (Lipinski definition) is 1. The van der Waals surface area contributed by atoms with Crippen LogP contribution in [0.5, 0.6) is 0 Å². The van der Waals surface area contributed by atoms with Gasteiger partial charge in [0.15, 0.2) is 5.82 Å². The molecule has 1 saturated heterocycles. The van der Waals surface area contributed by atoms with Gasteiger partial charge in [0.25, 0.3) is 0 Å². The summed E-state index contributed by atoms with van der Waals surface area (Å²) >= 11 is 0. The van der Waals surface area contributed by atoms with Crippen molar-refractivity contribution in [2.75, 3.05) is 13.1 Å². The van der Waals surface area contributed by atoms with Gasteiger partial charge in [-0.2, -0.15) is 0 Å². The van der Waals surface area contributed by atoms with E-state index in [1.165, 1.54) is 6.42 Å². The highest BCUT2D eigenvalue weighted by atomic mass is 15.1. The standard InChI is InChI=1S/C19H22N6/c1-14-9-22-19(23-14)18-11-20-10-17(24-18)15-5-4-8-25(12-15)13-16-6-2-3-7-21-16/h2-3,6-7,9-11,15H,4-5,8,12-13H2,1H3,(H,22,23). The maximum atomic E-state index is 4.82. The van der Waals surface area contributed by atoms with Crippen molar-refractivity contribution in [3.05, 3.63) is 60.1 Å². The van der Waals surface area contributed by atoms with Gasteiger partial charge in [-0.15, -0.1) is 0 Å². The summed E-state index contributed by atoms with van der Waals surface area (Å²) in [4.78, 5) is 23.7. The molecule has 6 nitrogen and oxygen atoms in total. The maximum absolute atomic E-state index is 4.82. The van der Waals surface area contributed by atoms with Gasteiger partial charge in [-0.1, -0.05) is 6.07 Å². The van der Waals surface area contributed by atoms with Gasteiger partial charge in [0, 0.05) is 43.3 Å². The predicted molar refractivity (Wildman–Crippen MR) is 95.8 cm³/mol. The molecule has 0 spiro atoms. The van der Waals surface area contributed by atoms with Gasteiger partial charge in [-0.3, -0.25) is 14.9 Å². The molecule has 1 fully saturated rings. The molecule has 1 aliphatic rings. The van der Waals surface area contributed by atoms with Crippen LogP contribution < -0.4 is 0 Å². The van der Waals surface area contributed by atoms with Crippen LogP contribution in [0, 0.1) is 6.92 Å². The van der Waals surface area contributed by atoms with E-state index in [1.807, 2.05) is 37.6 Å². The summed E-state index contributed by atoms with van der Waals surface area (Å²) in [6, 6.07) is 6.09. The molecule has 0 saturated carbocycles. The van der Waals surface area contributed by atoms with Crippen LogP contribution in [0.1, 0.15) is 35.8 Å². The lowest BCUT2D eigenvalue weighted by atomic mass is 9.95. The van der Waals surface area contributed by atoms with Crippen molar-refractivity contribution < 1.29 is 0 Å². The first-order valence-electron chi connectivity index (χ1n) is 8.74. The van der Waals surface area contributed by atoms with E-state index in [9.17, 15) is 0 Å². The Bertz CT molecular complexity index is 829. The molecule has 1 aliphatic heterocycles. The summed E-state index contributed by atoms with van der Waals surface area (Å²) in [5, 5.41) is 0. The highest BCUT2D eigenvalue weighted by molar-refractivity contribution is 5.48. The zero-order chi connectivity index (χ0) is 17.1. The number of piperidine rings is 1. The van der Waals surface area contributed by atoms with Crippen molar-refractivity contribution in [1.29, 1.82) is 0 Å². The van der Waals surface area contributed by atoms with E-state index >= 15 is 0 Å². The first-order chi connectivity index (χ1) is 12.3. The number of imidazole rings is 1. The van der Waals surface area contributed by atoms with Crippen LogP contribution >= 0.6 is 0 Å². The van der Waals surface area contributed by atoms with Crippen molar-refractivity contribution in [2.24, 2.45) is 0 Å². The third-order valence-corrected chi connectivity index (χ3v) is 4.63. The molecule has 3 aromatic heterocycles. The van der Waals surface area contributed by atoms with Crippen molar-refractivity contribution >= 4 is 0 Å². The molecule has 0 aromatic carbocycles. The summed E-state index contributed by atoms with van der Waals surface area (Å²) < 4.78 is 0. The van der Waals surface area contributed by atoms with E-state index in [0.717, 1.165) is 54.7 Å². The van der Waals surface area contributed by atoms with Crippen LogP contribution in [-0.2, 0) is 6.54 Å². The van der Waals surface area contributed by atoms with E-state index < -0.39 is 0 Å². The number of aromatic amines is 1. The van der Waals surface area contributed by atoms with E-state index in [-0.39, 0.29) is 0 Å². The summed E-state index contributed by atoms with van der Waals surface area (Å²) in [6.45, 7) is 4.98. The second kappa shape index (κ2) is 7.11. The van der Waals surface area contributed by atoms with Crippen LogP contribution in [0.2, 0.25) is 0 Å². The Morgan fingerprint density at radius 3 is 2.96 bits per heavy atom. The molecule has 25 heavy (non-hydrogen) atoms. The van der Waals surface area contributed by atoms with Crippen molar-refractivity contribution in [3.8, 4) is 11.5 Å². The second-order valence-electron chi connectivity index (χ2n) is 6.64. The Morgan fingerprint density at radius 1 is 1.20 bits per heavy atom. The largest absolute Gasteiger partial charge is 0.341 e. The van der Waals surface area contributed by atoms with E-state index in [2.05, 4.69) is 30.9 Å². The molecule has 4 heterocycles. The van der Waals surface area contributed by atoms with E-state index in [1.54, 1.807) is 6.20 Å². The molecule has 128 valence electrons. The molecule has 0 bridgehead atoms. The zero-order valence-corrected chi connectivity index (χ0v) is 14.4. The number of aryl methyl sites for hydroxylation is 1. The highest BCUT2D eigenvalue weighted by Crippen LogP contribution is 2.27. The van der Waals surface area contributed by atoms with Gasteiger partial charge in [-0.05, 0) is 38.4 Å². The Kier molecular flexibility index (Phi) is 4.52. The van der Waals surface area contributed by atoms with Gasteiger partial charge in [0.05, 0.1) is 17.6 Å². The SMILES string of the molecule is Cc1cnc(-c2cncc(C3CCCN(Cc4ccccn4)C3)n2)[nH]1. The lowest BCUT2D eigenvalue weighted by Gasteiger charge is -2.32. The Labute approximate surface area is 147 Å². The number of likely N-dealkylation sites (tertiary alicyclic amines) is 1. The molecular weight excluding hydrogens is 312 g/mol. The van der Waals surface area contributed by atoms with Crippen LogP contribution in [0.3, 0.4) is 0 Å². The number of H-pyrrole nitrogens is 1. The maximum Gasteiger partial charge on any atom is 0.157 e. The fraction of sp³-hybridized carbons (Fsp3) is 0.368. The average molecular weight is 334 g/mol. The quantitative estimate of drug-likeness (QED) is 0.794. The number of rotatable bonds is 4. The summed E-state index contributed by atoms with van der Waals surface area (Å²) in [7, 11) is 0.